The van der Waals surface area contributed by atoms with Crippen LogP contribution < -0.4 is 16.0 Å². The highest BCUT2D eigenvalue weighted by atomic mass is 32.2. The van der Waals surface area contributed by atoms with E-state index in [1.54, 1.807) is 0 Å². The number of aromatic nitrogens is 3. The molecule has 9 nitrogen and oxygen atoms in total. The molecule has 0 aliphatic heterocycles. The van der Waals surface area contributed by atoms with Crippen LogP contribution in [0.15, 0.2) is 113 Å². The molecule has 6 aromatic rings. The number of hydrogen-bond donors (Lipinski definition) is 3. The van der Waals surface area contributed by atoms with E-state index in [0.29, 0.717) is 28.4 Å². The van der Waals surface area contributed by atoms with E-state index in [1.807, 2.05) is 100 Å². The lowest BCUT2D eigenvalue weighted by Crippen LogP contribution is -2.27. The Hall–Kier alpha value is -5.48. The van der Waals surface area contributed by atoms with E-state index in [2.05, 4.69) is 64.0 Å². The van der Waals surface area contributed by atoms with Gasteiger partial charge in [-0.1, -0.05) is 62.0 Å². The highest BCUT2D eigenvalue weighted by Crippen LogP contribution is 2.37. The van der Waals surface area contributed by atoms with Crippen LogP contribution in [0.3, 0.4) is 0 Å². The number of nitrogens with one attached hydrogen (secondary N) is 3. The Bertz CT molecular complexity index is 2180. The summed E-state index contributed by atoms with van der Waals surface area (Å²) in [5, 5.41) is 12.5. The lowest BCUT2D eigenvalue weighted by atomic mass is 10.0. The molecule has 0 fully saturated rings. The average Bonchev–Trinajstić information content (AvgIpc) is 3.08. The van der Waals surface area contributed by atoms with E-state index < -0.39 is 11.7 Å². The molecular weight excluding hydrogens is 645 g/mol. The summed E-state index contributed by atoms with van der Waals surface area (Å²) in [5.41, 5.74) is 3.78. The Morgan fingerprint density at radius 3 is 2.32 bits per heavy atom. The largest absolute Gasteiger partial charge is 0.444 e. The summed E-state index contributed by atoms with van der Waals surface area (Å²) in [4.78, 5) is 41.4. The zero-order valence-electron chi connectivity index (χ0n) is 28.9. The number of benzene rings is 4. The van der Waals surface area contributed by atoms with Crippen LogP contribution in [0.5, 0.6) is 0 Å². The summed E-state index contributed by atoms with van der Waals surface area (Å²) in [6, 6.07) is 31.2. The molecule has 4 aromatic carbocycles. The normalized spacial score (nSPS) is 12.1. The average molecular weight is 685 g/mol. The van der Waals surface area contributed by atoms with Crippen LogP contribution in [0.1, 0.15) is 75.1 Å². The Labute approximate surface area is 296 Å². The second kappa shape index (κ2) is 14.6. The van der Waals surface area contributed by atoms with Crippen LogP contribution in [0.4, 0.5) is 22.0 Å². The van der Waals surface area contributed by atoms with Crippen molar-refractivity contribution in [1.29, 1.82) is 0 Å². The molecule has 3 N–H and O–H groups in total. The molecule has 0 saturated heterocycles. The molecule has 0 spiro atoms. The summed E-state index contributed by atoms with van der Waals surface area (Å²) < 4.78 is 5.37. The lowest BCUT2D eigenvalue weighted by Gasteiger charge is -2.19. The van der Waals surface area contributed by atoms with Gasteiger partial charge in [0.15, 0.2) is 5.65 Å². The standard InChI is InChI=1S/C40H40N6O3S/c1-24(2)33-19-18-32-36(45-33)41-23-42-37(32)46-34-22-29(38(47)43-25(3)27-12-11-26-9-7-8-10-28(26)21-27)13-20-35(34)50-31-16-14-30(15-17-31)44-39(48)49-40(4,5)6/h7-25H,1-6H3,(H,43,47)(H,44,48)(H,41,42,45,46)/t25-/m0/s1. The van der Waals surface area contributed by atoms with Crippen LogP contribution in [0, 0.1) is 0 Å². The van der Waals surface area contributed by atoms with Gasteiger partial charge in [0.1, 0.15) is 17.7 Å². The maximum absolute atomic E-state index is 13.7. The van der Waals surface area contributed by atoms with Crippen LogP contribution in [0.2, 0.25) is 0 Å². The van der Waals surface area contributed by atoms with Gasteiger partial charge in [-0.15, -0.1) is 0 Å². The van der Waals surface area contributed by atoms with Crippen molar-refractivity contribution in [3.8, 4) is 0 Å². The number of ether oxygens (including phenoxy) is 1. The molecule has 0 aliphatic carbocycles. The third-order valence-corrected chi connectivity index (χ3v) is 9.04. The minimum Gasteiger partial charge on any atom is -0.444 e. The van der Waals surface area contributed by atoms with E-state index in [9.17, 15) is 9.59 Å². The van der Waals surface area contributed by atoms with Crippen molar-refractivity contribution in [3.05, 3.63) is 120 Å². The predicted molar refractivity (Wildman–Crippen MR) is 201 cm³/mol. The number of fused-ring (bicyclic) bond motifs is 2. The Morgan fingerprint density at radius 2 is 1.58 bits per heavy atom. The summed E-state index contributed by atoms with van der Waals surface area (Å²) in [6.45, 7) is 11.6. The number of anilines is 3. The van der Waals surface area contributed by atoms with Gasteiger partial charge in [0, 0.05) is 26.7 Å². The topological polar surface area (TPSA) is 118 Å². The fourth-order valence-electron chi connectivity index (χ4n) is 5.36. The minimum absolute atomic E-state index is 0.196. The summed E-state index contributed by atoms with van der Waals surface area (Å²) in [7, 11) is 0. The molecule has 0 bridgehead atoms. The number of nitrogens with zero attached hydrogens (tertiary/aromatic N) is 3. The first-order valence-corrected chi connectivity index (χ1v) is 17.3. The SMILES string of the molecule is CC(C)c1ccc2c(Nc3cc(C(=O)N[C@@H](C)c4ccc5ccccc5c4)ccc3Sc3ccc(NC(=O)OC(C)(C)C)cc3)ncnc2n1. The first-order chi connectivity index (χ1) is 23.9. The van der Waals surface area contributed by atoms with E-state index in [0.717, 1.165) is 37.2 Å². The first-order valence-electron chi connectivity index (χ1n) is 16.5. The van der Waals surface area contributed by atoms with Crippen molar-refractivity contribution in [2.24, 2.45) is 0 Å². The molecule has 1 atom stereocenters. The highest BCUT2D eigenvalue weighted by molar-refractivity contribution is 7.99. The molecule has 10 heteroatoms. The van der Waals surface area contributed by atoms with Crippen LogP contribution in [0.25, 0.3) is 21.8 Å². The fraction of sp³-hybridized carbons (Fsp3) is 0.225. The van der Waals surface area contributed by atoms with Crippen molar-refractivity contribution >= 4 is 62.8 Å². The monoisotopic (exact) mass is 684 g/mol. The van der Waals surface area contributed by atoms with Gasteiger partial charge < -0.3 is 15.4 Å². The van der Waals surface area contributed by atoms with Crippen molar-refractivity contribution in [3.63, 3.8) is 0 Å². The summed E-state index contributed by atoms with van der Waals surface area (Å²) in [5.74, 6) is 0.643. The van der Waals surface area contributed by atoms with Gasteiger partial charge in [-0.05, 0) is 111 Å². The van der Waals surface area contributed by atoms with Crippen LogP contribution in [-0.4, -0.2) is 32.6 Å². The molecule has 0 saturated carbocycles. The Kier molecular flexibility index (Phi) is 10.0. The Balaban J connectivity index is 1.28. The van der Waals surface area contributed by atoms with Gasteiger partial charge >= 0.3 is 6.09 Å². The number of carbonyl (C=O) groups is 2. The van der Waals surface area contributed by atoms with Gasteiger partial charge in [0.05, 0.1) is 17.1 Å². The third kappa shape index (κ3) is 8.38. The van der Waals surface area contributed by atoms with Crippen molar-refractivity contribution < 1.29 is 14.3 Å². The van der Waals surface area contributed by atoms with E-state index in [1.165, 1.54) is 18.1 Å². The fourth-order valence-corrected chi connectivity index (χ4v) is 6.24. The van der Waals surface area contributed by atoms with Gasteiger partial charge in [-0.2, -0.15) is 0 Å². The summed E-state index contributed by atoms with van der Waals surface area (Å²) in [6.07, 6.45) is 0.979. The highest BCUT2D eigenvalue weighted by Gasteiger charge is 2.18. The molecule has 0 aliphatic rings. The molecular formula is C40H40N6O3S. The van der Waals surface area contributed by atoms with Gasteiger partial charge in [-0.3, -0.25) is 10.1 Å². The first kappa shape index (κ1) is 34.4. The van der Waals surface area contributed by atoms with Crippen LogP contribution in [-0.2, 0) is 4.74 Å². The van der Waals surface area contributed by atoms with Crippen molar-refractivity contribution in [2.45, 2.75) is 68.9 Å². The molecule has 2 heterocycles. The molecule has 50 heavy (non-hydrogen) atoms. The van der Waals surface area contributed by atoms with Crippen LogP contribution >= 0.6 is 11.8 Å². The zero-order chi connectivity index (χ0) is 35.4. The van der Waals surface area contributed by atoms with E-state index in [-0.39, 0.29) is 17.9 Å². The number of carbonyl (C=O) groups excluding carboxylic acids is 2. The van der Waals surface area contributed by atoms with Gasteiger partial charge in [-0.25, -0.2) is 19.7 Å². The van der Waals surface area contributed by atoms with Crippen molar-refractivity contribution in [1.82, 2.24) is 20.3 Å². The molecule has 2 amide bonds. The van der Waals surface area contributed by atoms with E-state index >= 15 is 0 Å². The smallest absolute Gasteiger partial charge is 0.412 e. The number of rotatable bonds is 9. The summed E-state index contributed by atoms with van der Waals surface area (Å²) >= 11 is 1.52. The second-order valence-corrected chi connectivity index (χ2v) is 14.5. The molecule has 0 radical (unpaired) electrons. The number of amides is 2. The molecule has 6 rings (SSSR count). The predicted octanol–water partition coefficient (Wildman–Crippen LogP) is 10.0. The quantitative estimate of drug-likeness (QED) is 0.138. The minimum atomic E-state index is -0.595. The van der Waals surface area contributed by atoms with Gasteiger partial charge in [0.2, 0.25) is 0 Å². The molecule has 0 unspecified atom stereocenters. The number of pyridine rings is 1. The maximum Gasteiger partial charge on any atom is 0.412 e. The Morgan fingerprint density at radius 1 is 0.820 bits per heavy atom. The number of hydrogen-bond acceptors (Lipinski definition) is 8. The molecule has 254 valence electrons. The molecule has 2 aromatic heterocycles. The second-order valence-electron chi connectivity index (χ2n) is 13.4. The maximum atomic E-state index is 13.7. The van der Waals surface area contributed by atoms with Gasteiger partial charge in [0.25, 0.3) is 5.91 Å². The third-order valence-electron chi connectivity index (χ3n) is 7.95. The lowest BCUT2D eigenvalue weighted by molar-refractivity contribution is 0.0635. The van der Waals surface area contributed by atoms with Crippen molar-refractivity contribution in [2.75, 3.05) is 10.6 Å². The van der Waals surface area contributed by atoms with E-state index in [4.69, 9.17) is 9.72 Å². The zero-order valence-corrected chi connectivity index (χ0v) is 29.8.